The van der Waals surface area contributed by atoms with Crippen LogP contribution in [0.4, 0.5) is 0 Å². The van der Waals surface area contributed by atoms with Crippen molar-refractivity contribution in [2.24, 2.45) is 0 Å². The first kappa shape index (κ1) is 7.92. The largest absolute Gasteiger partial charge is 0.294 e. The van der Waals surface area contributed by atoms with E-state index in [9.17, 15) is 4.79 Å². The van der Waals surface area contributed by atoms with E-state index in [0.717, 1.165) is 10.9 Å². The summed E-state index contributed by atoms with van der Waals surface area (Å²) >= 11 is 0. The van der Waals surface area contributed by atoms with Crippen molar-refractivity contribution in [2.75, 3.05) is 0 Å². The molecule has 0 bridgehead atoms. The van der Waals surface area contributed by atoms with Crippen LogP contribution in [0.1, 0.15) is 17.3 Å². The average Bonchev–Trinajstić information content (AvgIpc) is 2.17. The minimum Gasteiger partial charge on any atom is -0.294 e. The topological polar surface area (TPSA) is 30.0 Å². The number of benzene rings is 1. The van der Waals surface area contributed by atoms with Crippen molar-refractivity contribution in [3.63, 3.8) is 0 Å². The van der Waals surface area contributed by atoms with Gasteiger partial charge in [-0.2, -0.15) is 0 Å². The standard InChI is InChI=1S/C11H9NO/c1-8(13)10-6-9-4-2-3-5-11(9)12-7-10/h2-7H,1H3. The molecule has 0 N–H and O–H groups in total. The Morgan fingerprint density at radius 1 is 1.31 bits per heavy atom. The summed E-state index contributed by atoms with van der Waals surface area (Å²) < 4.78 is 0. The fraction of sp³-hybridized carbons (Fsp3) is 0.0909. The van der Waals surface area contributed by atoms with E-state index in [4.69, 9.17) is 0 Å². The van der Waals surface area contributed by atoms with Crippen molar-refractivity contribution in [2.45, 2.75) is 6.92 Å². The van der Waals surface area contributed by atoms with Crippen LogP contribution in [0.25, 0.3) is 10.9 Å². The molecular formula is C11H9NO. The summed E-state index contributed by atoms with van der Waals surface area (Å²) in [5.41, 5.74) is 1.59. The smallest absolute Gasteiger partial charge is 0.161 e. The third-order valence-electron chi connectivity index (χ3n) is 2.00. The zero-order valence-electron chi connectivity index (χ0n) is 7.32. The van der Waals surface area contributed by atoms with Gasteiger partial charge in [0.05, 0.1) is 5.52 Å². The SMILES string of the molecule is CC(=O)c1cnc2ccccc2c1. The van der Waals surface area contributed by atoms with E-state index in [1.165, 1.54) is 0 Å². The fourth-order valence-electron chi connectivity index (χ4n) is 1.26. The molecule has 0 amide bonds. The lowest BCUT2D eigenvalue weighted by molar-refractivity contribution is 0.101. The van der Waals surface area contributed by atoms with Gasteiger partial charge in [-0.25, -0.2) is 0 Å². The first-order valence-corrected chi connectivity index (χ1v) is 4.13. The number of hydrogen-bond acceptors (Lipinski definition) is 2. The molecule has 64 valence electrons. The molecule has 0 atom stereocenters. The quantitative estimate of drug-likeness (QED) is 0.617. The summed E-state index contributed by atoms with van der Waals surface area (Å²) in [6.07, 6.45) is 1.62. The van der Waals surface area contributed by atoms with E-state index < -0.39 is 0 Å². The number of aromatic nitrogens is 1. The highest BCUT2D eigenvalue weighted by molar-refractivity contribution is 5.97. The van der Waals surface area contributed by atoms with E-state index in [2.05, 4.69) is 4.98 Å². The van der Waals surface area contributed by atoms with Gasteiger partial charge in [-0.3, -0.25) is 9.78 Å². The number of rotatable bonds is 1. The number of hydrogen-bond donors (Lipinski definition) is 0. The molecule has 13 heavy (non-hydrogen) atoms. The van der Waals surface area contributed by atoms with E-state index in [0.29, 0.717) is 5.56 Å². The zero-order chi connectivity index (χ0) is 9.26. The normalized spacial score (nSPS) is 10.2. The number of pyridine rings is 1. The third-order valence-corrected chi connectivity index (χ3v) is 2.00. The minimum atomic E-state index is 0.0539. The third kappa shape index (κ3) is 1.43. The maximum atomic E-state index is 11.0. The predicted molar refractivity (Wildman–Crippen MR) is 51.7 cm³/mol. The van der Waals surface area contributed by atoms with E-state index >= 15 is 0 Å². The summed E-state index contributed by atoms with van der Waals surface area (Å²) in [6.45, 7) is 1.55. The Hall–Kier alpha value is -1.70. The highest BCUT2D eigenvalue weighted by atomic mass is 16.1. The van der Waals surface area contributed by atoms with Crippen LogP contribution in [0.5, 0.6) is 0 Å². The van der Waals surface area contributed by atoms with Crippen molar-refractivity contribution >= 4 is 16.7 Å². The number of fused-ring (bicyclic) bond motifs is 1. The minimum absolute atomic E-state index is 0.0539. The average molecular weight is 171 g/mol. The van der Waals surface area contributed by atoms with Crippen LogP contribution in [0, 0.1) is 0 Å². The first-order chi connectivity index (χ1) is 6.27. The zero-order valence-corrected chi connectivity index (χ0v) is 7.32. The highest BCUT2D eigenvalue weighted by Gasteiger charge is 2.00. The summed E-state index contributed by atoms with van der Waals surface area (Å²) in [6, 6.07) is 9.62. The van der Waals surface area contributed by atoms with Crippen LogP contribution in [-0.2, 0) is 0 Å². The number of carbonyl (C=O) groups excluding carboxylic acids is 1. The molecule has 2 nitrogen and oxygen atoms in total. The van der Waals surface area contributed by atoms with E-state index in [1.807, 2.05) is 30.3 Å². The van der Waals surface area contributed by atoms with Gasteiger partial charge >= 0.3 is 0 Å². The van der Waals surface area contributed by atoms with Gasteiger partial charge in [-0.05, 0) is 19.1 Å². The lowest BCUT2D eigenvalue weighted by atomic mass is 10.1. The first-order valence-electron chi connectivity index (χ1n) is 4.13. The summed E-state index contributed by atoms with van der Waals surface area (Å²) in [4.78, 5) is 15.2. The second-order valence-corrected chi connectivity index (χ2v) is 2.97. The van der Waals surface area contributed by atoms with Gasteiger partial charge < -0.3 is 0 Å². The Morgan fingerprint density at radius 2 is 2.08 bits per heavy atom. The van der Waals surface area contributed by atoms with Gasteiger partial charge in [-0.1, -0.05) is 18.2 Å². The maximum Gasteiger partial charge on any atom is 0.161 e. The molecule has 2 aromatic rings. The molecule has 0 saturated carbocycles. The molecule has 0 spiro atoms. The second-order valence-electron chi connectivity index (χ2n) is 2.97. The van der Waals surface area contributed by atoms with Crippen molar-refractivity contribution in [1.29, 1.82) is 0 Å². The Kier molecular flexibility index (Phi) is 1.81. The number of carbonyl (C=O) groups is 1. The number of ketones is 1. The molecule has 1 heterocycles. The molecule has 0 aliphatic carbocycles. The van der Waals surface area contributed by atoms with Gasteiger partial charge in [0.2, 0.25) is 0 Å². The Morgan fingerprint density at radius 3 is 2.85 bits per heavy atom. The van der Waals surface area contributed by atoms with Gasteiger partial charge in [0, 0.05) is 17.1 Å². The summed E-state index contributed by atoms with van der Waals surface area (Å²) in [7, 11) is 0. The predicted octanol–water partition coefficient (Wildman–Crippen LogP) is 2.44. The van der Waals surface area contributed by atoms with E-state index in [-0.39, 0.29) is 5.78 Å². The van der Waals surface area contributed by atoms with Crippen molar-refractivity contribution in [3.05, 3.63) is 42.1 Å². The summed E-state index contributed by atoms with van der Waals surface area (Å²) in [5.74, 6) is 0.0539. The molecular weight excluding hydrogens is 162 g/mol. The van der Waals surface area contributed by atoms with Crippen LogP contribution in [-0.4, -0.2) is 10.8 Å². The molecule has 1 aromatic heterocycles. The number of Topliss-reactive ketones (excluding diaryl/α,β-unsaturated/α-hetero) is 1. The van der Waals surface area contributed by atoms with Crippen LogP contribution >= 0.6 is 0 Å². The van der Waals surface area contributed by atoms with Crippen molar-refractivity contribution < 1.29 is 4.79 Å². The molecule has 0 aliphatic rings. The molecule has 0 unspecified atom stereocenters. The van der Waals surface area contributed by atoms with Crippen LogP contribution in [0.15, 0.2) is 36.5 Å². The number of nitrogens with zero attached hydrogens (tertiary/aromatic N) is 1. The van der Waals surface area contributed by atoms with Crippen LogP contribution in [0.3, 0.4) is 0 Å². The monoisotopic (exact) mass is 171 g/mol. The van der Waals surface area contributed by atoms with Gasteiger partial charge in [-0.15, -0.1) is 0 Å². The lowest BCUT2D eigenvalue weighted by Crippen LogP contribution is -1.92. The molecule has 2 rings (SSSR count). The van der Waals surface area contributed by atoms with Gasteiger partial charge in [0.25, 0.3) is 0 Å². The van der Waals surface area contributed by atoms with Gasteiger partial charge in [0.1, 0.15) is 0 Å². The highest BCUT2D eigenvalue weighted by Crippen LogP contribution is 2.12. The Balaban J connectivity index is 2.69. The molecule has 0 fully saturated rings. The number of para-hydroxylation sites is 1. The lowest BCUT2D eigenvalue weighted by Gasteiger charge is -1.98. The molecule has 0 radical (unpaired) electrons. The molecule has 0 aliphatic heterocycles. The maximum absolute atomic E-state index is 11.0. The molecule has 2 heteroatoms. The second kappa shape index (κ2) is 2.98. The van der Waals surface area contributed by atoms with Crippen LogP contribution < -0.4 is 0 Å². The Bertz CT molecular complexity index is 462. The van der Waals surface area contributed by atoms with Crippen LogP contribution in [0.2, 0.25) is 0 Å². The Labute approximate surface area is 76.2 Å². The van der Waals surface area contributed by atoms with Crippen molar-refractivity contribution in [1.82, 2.24) is 4.98 Å². The molecule has 0 saturated heterocycles. The van der Waals surface area contributed by atoms with Gasteiger partial charge in [0.15, 0.2) is 5.78 Å². The van der Waals surface area contributed by atoms with Crippen molar-refractivity contribution in [3.8, 4) is 0 Å². The van der Waals surface area contributed by atoms with E-state index in [1.54, 1.807) is 13.1 Å². The molecule has 1 aromatic carbocycles. The summed E-state index contributed by atoms with van der Waals surface area (Å²) in [5, 5.41) is 1.01. The fourth-order valence-corrected chi connectivity index (χ4v) is 1.26.